The van der Waals surface area contributed by atoms with Crippen LogP contribution in [0.4, 0.5) is 10.1 Å². The number of hydrogen-bond acceptors (Lipinski definition) is 4. The second kappa shape index (κ2) is 7.12. The van der Waals surface area contributed by atoms with Crippen molar-refractivity contribution in [1.82, 2.24) is 9.88 Å². The Labute approximate surface area is 122 Å². The Kier molecular flexibility index (Phi) is 5.21. The lowest BCUT2D eigenvalue weighted by atomic mass is 10.2. The maximum absolute atomic E-state index is 13.4. The number of hydrogen-bond donors (Lipinski definition) is 1. The number of carbonyl (C=O) groups is 2. The molecule has 21 heavy (non-hydrogen) atoms. The summed E-state index contributed by atoms with van der Waals surface area (Å²) >= 11 is 0. The zero-order valence-electron chi connectivity index (χ0n) is 11.8. The largest absolute Gasteiger partial charge is 0.372 e. The van der Waals surface area contributed by atoms with Crippen LogP contribution in [0.3, 0.4) is 0 Å². The van der Waals surface area contributed by atoms with Gasteiger partial charge in [0.25, 0.3) is 5.91 Å². The zero-order valence-corrected chi connectivity index (χ0v) is 11.8. The SMILES string of the molecule is COC1CCCCN(CC(=O)Nc2ccncc2F)C1=O. The van der Waals surface area contributed by atoms with Crippen molar-refractivity contribution in [2.45, 2.75) is 25.4 Å². The first kappa shape index (κ1) is 15.4. The maximum Gasteiger partial charge on any atom is 0.252 e. The molecule has 0 radical (unpaired) electrons. The van der Waals surface area contributed by atoms with Crippen molar-refractivity contribution >= 4 is 17.5 Å². The second-order valence-corrected chi connectivity index (χ2v) is 4.88. The van der Waals surface area contributed by atoms with Crippen molar-refractivity contribution in [2.75, 3.05) is 25.5 Å². The normalized spacial score (nSPS) is 19.2. The monoisotopic (exact) mass is 295 g/mol. The molecule has 0 bridgehead atoms. The third-order valence-corrected chi connectivity index (χ3v) is 3.40. The van der Waals surface area contributed by atoms with Gasteiger partial charge in [-0.1, -0.05) is 0 Å². The molecule has 1 fully saturated rings. The molecule has 2 rings (SSSR count). The highest BCUT2D eigenvalue weighted by Gasteiger charge is 2.28. The number of ether oxygens (including phenoxy) is 1. The molecule has 6 nitrogen and oxygen atoms in total. The Morgan fingerprint density at radius 2 is 2.38 bits per heavy atom. The number of anilines is 1. The quantitative estimate of drug-likeness (QED) is 0.905. The number of amides is 2. The number of likely N-dealkylation sites (tertiary alicyclic amines) is 1. The molecular weight excluding hydrogens is 277 g/mol. The number of halogens is 1. The van der Waals surface area contributed by atoms with E-state index in [2.05, 4.69) is 10.3 Å². The van der Waals surface area contributed by atoms with Gasteiger partial charge in [0.05, 0.1) is 18.4 Å². The van der Waals surface area contributed by atoms with Gasteiger partial charge in [0.15, 0.2) is 5.82 Å². The summed E-state index contributed by atoms with van der Waals surface area (Å²) in [5.41, 5.74) is 0.0561. The fourth-order valence-corrected chi connectivity index (χ4v) is 2.28. The van der Waals surface area contributed by atoms with Crippen LogP contribution in [0.25, 0.3) is 0 Å². The molecule has 1 unspecified atom stereocenters. The van der Waals surface area contributed by atoms with Gasteiger partial charge in [-0.05, 0) is 25.3 Å². The fourth-order valence-electron chi connectivity index (χ4n) is 2.28. The molecule has 114 valence electrons. The lowest BCUT2D eigenvalue weighted by Gasteiger charge is -2.23. The van der Waals surface area contributed by atoms with Gasteiger partial charge in [0, 0.05) is 19.9 Å². The second-order valence-electron chi connectivity index (χ2n) is 4.88. The van der Waals surface area contributed by atoms with Gasteiger partial charge in [-0.3, -0.25) is 14.6 Å². The van der Waals surface area contributed by atoms with E-state index in [0.717, 1.165) is 19.0 Å². The van der Waals surface area contributed by atoms with E-state index in [4.69, 9.17) is 4.74 Å². The van der Waals surface area contributed by atoms with Crippen LogP contribution in [0.5, 0.6) is 0 Å². The molecule has 1 atom stereocenters. The molecule has 7 heteroatoms. The van der Waals surface area contributed by atoms with Crippen molar-refractivity contribution < 1.29 is 18.7 Å². The zero-order chi connectivity index (χ0) is 15.2. The van der Waals surface area contributed by atoms with E-state index in [1.54, 1.807) is 0 Å². The van der Waals surface area contributed by atoms with Crippen LogP contribution in [-0.2, 0) is 14.3 Å². The highest BCUT2D eigenvalue weighted by molar-refractivity contribution is 5.95. The molecule has 1 saturated heterocycles. The Balaban J connectivity index is 1.98. The molecule has 1 aromatic heterocycles. The standard InChI is InChI=1S/C14H18FN3O3/c1-21-12-4-2-3-7-18(14(12)20)9-13(19)17-11-5-6-16-8-10(11)15/h5-6,8,12H,2-4,7,9H2,1H3,(H,16,17,19). The topological polar surface area (TPSA) is 71.5 Å². The number of carbonyl (C=O) groups excluding carboxylic acids is 2. The number of nitrogens with one attached hydrogen (secondary N) is 1. The summed E-state index contributed by atoms with van der Waals surface area (Å²) in [6.07, 6.45) is 4.26. The summed E-state index contributed by atoms with van der Waals surface area (Å²) in [5, 5.41) is 2.44. The average molecular weight is 295 g/mol. The lowest BCUT2D eigenvalue weighted by Crippen LogP contribution is -2.43. The van der Waals surface area contributed by atoms with E-state index in [1.165, 1.54) is 24.3 Å². The summed E-state index contributed by atoms with van der Waals surface area (Å²) in [6.45, 7) is 0.394. The first-order valence-corrected chi connectivity index (χ1v) is 6.82. The molecule has 2 heterocycles. The molecule has 0 saturated carbocycles. The van der Waals surface area contributed by atoms with Crippen LogP contribution in [0.1, 0.15) is 19.3 Å². The third kappa shape index (κ3) is 3.98. The van der Waals surface area contributed by atoms with Crippen molar-refractivity contribution in [3.8, 4) is 0 Å². The van der Waals surface area contributed by atoms with Gasteiger partial charge in [0.1, 0.15) is 6.10 Å². The maximum atomic E-state index is 13.4. The summed E-state index contributed by atoms with van der Waals surface area (Å²) in [5.74, 6) is -1.24. The Morgan fingerprint density at radius 1 is 1.57 bits per heavy atom. The van der Waals surface area contributed by atoms with E-state index in [0.29, 0.717) is 13.0 Å². The summed E-state index contributed by atoms with van der Waals surface area (Å²) in [6, 6.07) is 1.37. The van der Waals surface area contributed by atoms with Crippen LogP contribution in [0.15, 0.2) is 18.5 Å². The van der Waals surface area contributed by atoms with Gasteiger partial charge in [-0.25, -0.2) is 4.39 Å². The van der Waals surface area contributed by atoms with Crippen LogP contribution >= 0.6 is 0 Å². The minimum atomic E-state index is -0.609. The van der Waals surface area contributed by atoms with Gasteiger partial charge < -0.3 is 15.0 Å². The van der Waals surface area contributed by atoms with Crippen LogP contribution in [-0.4, -0.2) is 48.0 Å². The van der Waals surface area contributed by atoms with E-state index < -0.39 is 17.8 Å². The van der Waals surface area contributed by atoms with Crippen molar-refractivity contribution in [1.29, 1.82) is 0 Å². The van der Waals surface area contributed by atoms with Gasteiger partial charge in [-0.2, -0.15) is 0 Å². The van der Waals surface area contributed by atoms with Gasteiger partial charge in [-0.15, -0.1) is 0 Å². The van der Waals surface area contributed by atoms with Gasteiger partial charge in [0.2, 0.25) is 5.91 Å². The minimum absolute atomic E-state index is 0.0561. The molecule has 0 spiro atoms. The summed E-state index contributed by atoms with van der Waals surface area (Å²) in [7, 11) is 1.48. The number of aromatic nitrogens is 1. The number of rotatable bonds is 4. The molecule has 1 aliphatic heterocycles. The molecule has 1 aromatic rings. The highest BCUT2D eigenvalue weighted by Crippen LogP contribution is 2.15. The van der Waals surface area contributed by atoms with E-state index >= 15 is 0 Å². The first-order valence-electron chi connectivity index (χ1n) is 6.82. The first-order chi connectivity index (χ1) is 10.1. The Bertz CT molecular complexity index is 524. The van der Waals surface area contributed by atoms with Crippen molar-refractivity contribution in [3.63, 3.8) is 0 Å². The smallest absolute Gasteiger partial charge is 0.252 e. The number of pyridine rings is 1. The van der Waals surface area contributed by atoms with Crippen molar-refractivity contribution in [2.24, 2.45) is 0 Å². The highest BCUT2D eigenvalue weighted by atomic mass is 19.1. The Morgan fingerprint density at radius 3 is 3.10 bits per heavy atom. The Hall–Kier alpha value is -2.02. The molecule has 2 amide bonds. The number of methoxy groups -OCH3 is 1. The van der Waals surface area contributed by atoms with Crippen LogP contribution < -0.4 is 5.32 Å². The summed E-state index contributed by atoms with van der Waals surface area (Å²) < 4.78 is 18.6. The fraction of sp³-hybridized carbons (Fsp3) is 0.500. The predicted octanol–water partition coefficient (Wildman–Crippen LogP) is 1.19. The van der Waals surface area contributed by atoms with Crippen molar-refractivity contribution in [3.05, 3.63) is 24.3 Å². The third-order valence-electron chi connectivity index (χ3n) is 3.40. The van der Waals surface area contributed by atoms with Crippen LogP contribution in [0.2, 0.25) is 0 Å². The van der Waals surface area contributed by atoms with E-state index in [9.17, 15) is 14.0 Å². The molecular formula is C14H18FN3O3. The summed E-state index contributed by atoms with van der Waals surface area (Å²) in [4.78, 5) is 29.2. The molecule has 1 N–H and O–H groups in total. The van der Waals surface area contributed by atoms with E-state index in [1.807, 2.05) is 0 Å². The van der Waals surface area contributed by atoms with E-state index in [-0.39, 0.29) is 18.1 Å². The number of nitrogens with zero attached hydrogens (tertiary/aromatic N) is 2. The predicted molar refractivity (Wildman–Crippen MR) is 74.1 cm³/mol. The molecule has 0 aliphatic carbocycles. The molecule has 1 aliphatic rings. The molecule has 0 aromatic carbocycles. The lowest BCUT2D eigenvalue weighted by molar-refractivity contribution is -0.143. The minimum Gasteiger partial charge on any atom is -0.372 e. The van der Waals surface area contributed by atoms with Crippen LogP contribution in [0, 0.1) is 5.82 Å². The average Bonchev–Trinajstić information content (AvgIpc) is 2.64. The van der Waals surface area contributed by atoms with Gasteiger partial charge >= 0.3 is 0 Å².